The van der Waals surface area contributed by atoms with Gasteiger partial charge in [0, 0.05) is 13.1 Å². The van der Waals surface area contributed by atoms with Gasteiger partial charge < -0.3 is 4.90 Å². The fourth-order valence-corrected chi connectivity index (χ4v) is 4.21. The Labute approximate surface area is 140 Å². The summed E-state index contributed by atoms with van der Waals surface area (Å²) in [4.78, 5) is 29.8. The minimum atomic E-state index is -0.462. The molecule has 6 nitrogen and oxygen atoms in total. The molecule has 0 unspecified atom stereocenters. The average Bonchev–Trinajstić information content (AvgIpc) is 3.09. The van der Waals surface area contributed by atoms with Crippen LogP contribution in [0.15, 0.2) is 30.3 Å². The largest absolute Gasteiger partial charge is 0.334 e. The highest BCUT2D eigenvalue weighted by atomic mass is 32.1. The van der Waals surface area contributed by atoms with Gasteiger partial charge in [0.05, 0.1) is 31.4 Å². The van der Waals surface area contributed by atoms with Gasteiger partial charge in [0.15, 0.2) is 0 Å². The number of thiazole rings is 1. The summed E-state index contributed by atoms with van der Waals surface area (Å²) in [6.45, 7) is 2.02. The molecule has 0 radical (unpaired) electrons. The zero-order chi connectivity index (χ0) is 16.6. The second-order valence-electron chi connectivity index (χ2n) is 5.05. The van der Waals surface area contributed by atoms with E-state index in [2.05, 4.69) is 4.98 Å². The molecule has 0 saturated heterocycles. The first-order valence-corrected chi connectivity index (χ1v) is 8.43. The first-order valence-electron chi connectivity index (χ1n) is 6.80. The van der Waals surface area contributed by atoms with Gasteiger partial charge in [-0.15, -0.1) is 22.7 Å². The summed E-state index contributed by atoms with van der Waals surface area (Å²) in [6, 6.07) is 9.14. The van der Waals surface area contributed by atoms with Crippen LogP contribution < -0.4 is 0 Å². The third-order valence-electron chi connectivity index (χ3n) is 3.36. The molecule has 118 valence electrons. The predicted octanol–water partition coefficient (Wildman–Crippen LogP) is 3.85. The first-order chi connectivity index (χ1) is 11.0. The molecule has 0 spiro atoms. The summed E-state index contributed by atoms with van der Waals surface area (Å²) < 4.78 is 1.07. The van der Waals surface area contributed by atoms with Gasteiger partial charge in [-0.25, -0.2) is 4.98 Å². The van der Waals surface area contributed by atoms with E-state index in [1.807, 2.05) is 24.3 Å². The Hall–Kier alpha value is -2.32. The van der Waals surface area contributed by atoms with Gasteiger partial charge in [-0.05, 0) is 19.1 Å². The SMILES string of the molecule is Cc1sc(C(=O)N(C)Cc2nc3ccccc3s2)cc1[N+](=O)[O-]. The number of carbonyl (C=O) groups is 1. The number of hydrogen-bond acceptors (Lipinski definition) is 6. The fourth-order valence-electron chi connectivity index (χ4n) is 2.21. The van der Waals surface area contributed by atoms with E-state index in [0.717, 1.165) is 26.6 Å². The lowest BCUT2D eigenvalue weighted by Crippen LogP contribution is -2.25. The summed E-state index contributed by atoms with van der Waals surface area (Å²) >= 11 is 2.69. The van der Waals surface area contributed by atoms with Crippen LogP contribution in [0.4, 0.5) is 5.69 Å². The summed E-state index contributed by atoms with van der Waals surface area (Å²) in [6.07, 6.45) is 0. The van der Waals surface area contributed by atoms with Crippen molar-refractivity contribution in [2.24, 2.45) is 0 Å². The summed E-state index contributed by atoms with van der Waals surface area (Å²) in [7, 11) is 1.68. The smallest absolute Gasteiger partial charge is 0.283 e. The highest BCUT2D eigenvalue weighted by Crippen LogP contribution is 2.29. The molecule has 0 aliphatic rings. The van der Waals surface area contributed by atoms with Gasteiger partial charge >= 0.3 is 0 Å². The quantitative estimate of drug-likeness (QED) is 0.530. The van der Waals surface area contributed by atoms with Crippen molar-refractivity contribution in [1.82, 2.24) is 9.88 Å². The third-order valence-corrected chi connectivity index (χ3v) is 5.41. The minimum Gasteiger partial charge on any atom is -0.334 e. The Morgan fingerprint density at radius 2 is 2.09 bits per heavy atom. The number of hydrogen-bond donors (Lipinski definition) is 0. The Morgan fingerprint density at radius 1 is 1.35 bits per heavy atom. The molecule has 23 heavy (non-hydrogen) atoms. The molecule has 0 fully saturated rings. The second kappa shape index (κ2) is 6.05. The summed E-state index contributed by atoms with van der Waals surface area (Å²) in [5.74, 6) is -0.231. The van der Waals surface area contributed by atoms with Crippen LogP contribution in [0.25, 0.3) is 10.2 Å². The minimum absolute atomic E-state index is 0.00765. The van der Waals surface area contributed by atoms with E-state index in [-0.39, 0.29) is 11.6 Å². The average molecular weight is 347 g/mol. The summed E-state index contributed by atoms with van der Waals surface area (Å²) in [5, 5.41) is 11.7. The number of nitrogens with zero attached hydrogens (tertiary/aromatic N) is 3. The predicted molar refractivity (Wildman–Crippen MR) is 91.1 cm³/mol. The zero-order valence-corrected chi connectivity index (χ0v) is 14.1. The monoisotopic (exact) mass is 347 g/mol. The van der Waals surface area contributed by atoms with Crippen LogP contribution in [0.1, 0.15) is 19.6 Å². The molecule has 0 aliphatic carbocycles. The van der Waals surface area contributed by atoms with E-state index < -0.39 is 4.92 Å². The van der Waals surface area contributed by atoms with Crippen molar-refractivity contribution in [3.63, 3.8) is 0 Å². The van der Waals surface area contributed by atoms with Crippen LogP contribution in [0.3, 0.4) is 0 Å². The highest BCUT2D eigenvalue weighted by molar-refractivity contribution is 7.18. The van der Waals surface area contributed by atoms with E-state index in [1.165, 1.54) is 11.0 Å². The maximum absolute atomic E-state index is 12.4. The Balaban J connectivity index is 1.79. The number of carbonyl (C=O) groups excluding carboxylic acids is 1. The van der Waals surface area contributed by atoms with Gasteiger partial charge in [-0.3, -0.25) is 14.9 Å². The van der Waals surface area contributed by atoms with Crippen molar-refractivity contribution < 1.29 is 9.72 Å². The summed E-state index contributed by atoms with van der Waals surface area (Å²) in [5.41, 5.74) is 0.905. The van der Waals surface area contributed by atoms with Crippen LogP contribution in [0.5, 0.6) is 0 Å². The standard InChI is InChI=1S/C15H13N3O3S2/c1-9-11(18(20)21)7-13(22-9)15(19)17(2)8-14-16-10-5-3-4-6-12(10)23-14/h3-7H,8H2,1-2H3. The molecule has 2 heterocycles. The van der Waals surface area contributed by atoms with E-state index in [9.17, 15) is 14.9 Å². The second-order valence-corrected chi connectivity index (χ2v) is 7.42. The maximum Gasteiger partial charge on any atom is 0.283 e. The van der Waals surface area contributed by atoms with Crippen molar-refractivity contribution in [2.45, 2.75) is 13.5 Å². The number of rotatable bonds is 4. The molecule has 3 rings (SSSR count). The van der Waals surface area contributed by atoms with E-state index in [0.29, 0.717) is 16.3 Å². The molecule has 1 amide bonds. The molecule has 0 N–H and O–H groups in total. The number of para-hydroxylation sites is 1. The molecule has 2 aromatic heterocycles. The molecular formula is C15H13N3O3S2. The Bertz CT molecular complexity index is 867. The lowest BCUT2D eigenvalue weighted by Gasteiger charge is -2.13. The Morgan fingerprint density at radius 3 is 2.74 bits per heavy atom. The first kappa shape index (κ1) is 15.6. The molecule has 0 atom stereocenters. The molecule has 0 bridgehead atoms. The Kier molecular flexibility index (Phi) is 4.10. The van der Waals surface area contributed by atoms with E-state index in [1.54, 1.807) is 25.3 Å². The fraction of sp³-hybridized carbons (Fsp3) is 0.200. The number of benzene rings is 1. The molecule has 1 aromatic carbocycles. The lowest BCUT2D eigenvalue weighted by molar-refractivity contribution is -0.385. The number of aromatic nitrogens is 1. The lowest BCUT2D eigenvalue weighted by atomic mass is 10.3. The van der Waals surface area contributed by atoms with Crippen molar-refractivity contribution in [3.05, 3.63) is 55.2 Å². The maximum atomic E-state index is 12.4. The number of thiophene rings is 1. The molecule has 0 saturated carbocycles. The topological polar surface area (TPSA) is 76.3 Å². The highest BCUT2D eigenvalue weighted by Gasteiger charge is 2.22. The van der Waals surface area contributed by atoms with E-state index in [4.69, 9.17) is 0 Å². The van der Waals surface area contributed by atoms with Gasteiger partial charge in [-0.1, -0.05) is 12.1 Å². The normalized spacial score (nSPS) is 10.9. The van der Waals surface area contributed by atoms with Gasteiger partial charge in [0.1, 0.15) is 5.01 Å². The van der Waals surface area contributed by atoms with Crippen molar-refractivity contribution in [3.8, 4) is 0 Å². The van der Waals surface area contributed by atoms with Gasteiger partial charge in [0.25, 0.3) is 11.6 Å². The van der Waals surface area contributed by atoms with E-state index >= 15 is 0 Å². The van der Waals surface area contributed by atoms with Crippen molar-refractivity contribution in [1.29, 1.82) is 0 Å². The van der Waals surface area contributed by atoms with Crippen LogP contribution in [0.2, 0.25) is 0 Å². The third kappa shape index (κ3) is 3.08. The van der Waals surface area contributed by atoms with Crippen molar-refractivity contribution in [2.75, 3.05) is 7.05 Å². The molecule has 3 aromatic rings. The number of nitro groups is 1. The number of amides is 1. The van der Waals surface area contributed by atoms with Crippen LogP contribution in [0, 0.1) is 17.0 Å². The van der Waals surface area contributed by atoms with Gasteiger partial charge in [-0.2, -0.15) is 0 Å². The number of aryl methyl sites for hydroxylation is 1. The van der Waals surface area contributed by atoms with Gasteiger partial charge in [0.2, 0.25) is 0 Å². The van der Waals surface area contributed by atoms with Crippen LogP contribution in [-0.4, -0.2) is 27.8 Å². The van der Waals surface area contributed by atoms with Crippen molar-refractivity contribution >= 4 is 44.5 Å². The van der Waals surface area contributed by atoms with Crippen LogP contribution in [-0.2, 0) is 6.54 Å². The molecule has 8 heteroatoms. The molecular weight excluding hydrogens is 334 g/mol. The van der Waals surface area contributed by atoms with Crippen LogP contribution >= 0.6 is 22.7 Å². The number of fused-ring (bicyclic) bond motifs is 1. The molecule has 0 aliphatic heterocycles. The zero-order valence-electron chi connectivity index (χ0n) is 12.5.